The van der Waals surface area contributed by atoms with E-state index in [2.05, 4.69) is 71.9 Å². The summed E-state index contributed by atoms with van der Waals surface area (Å²) >= 11 is 0. The van der Waals surface area contributed by atoms with Crippen molar-refractivity contribution in [3.8, 4) is 5.75 Å². The van der Waals surface area contributed by atoms with E-state index >= 15 is 0 Å². The van der Waals surface area contributed by atoms with Gasteiger partial charge in [-0.15, -0.1) is 0 Å². The first-order valence-electron chi connectivity index (χ1n) is 12.4. The minimum absolute atomic E-state index is 0.000506. The molecule has 0 radical (unpaired) electrons. The zero-order chi connectivity index (χ0) is 25.1. The van der Waals surface area contributed by atoms with E-state index in [9.17, 15) is 10.2 Å². The van der Waals surface area contributed by atoms with E-state index in [0.29, 0.717) is 14.3 Å². The van der Waals surface area contributed by atoms with Crippen molar-refractivity contribution in [2.45, 2.75) is 84.4 Å². The molecule has 3 aromatic carbocycles. The summed E-state index contributed by atoms with van der Waals surface area (Å²) in [5.41, 5.74) is 6.23. The van der Waals surface area contributed by atoms with Crippen LogP contribution in [0.5, 0.6) is 5.75 Å². The smallest absolute Gasteiger partial charge is 0.122 e. The summed E-state index contributed by atoms with van der Waals surface area (Å²) in [5, 5.41) is 23.5. The van der Waals surface area contributed by atoms with Gasteiger partial charge in [0.15, 0.2) is 0 Å². The molecule has 0 saturated carbocycles. The molecule has 0 heterocycles. The molecule has 0 aromatic heterocycles. The average Bonchev–Trinajstić information content (AvgIpc) is 2.80. The largest absolute Gasteiger partial charge is 0.507 e. The third-order valence-corrected chi connectivity index (χ3v) is 8.61. The van der Waals surface area contributed by atoms with Gasteiger partial charge < -0.3 is 10.2 Å². The molecule has 182 valence electrons. The van der Waals surface area contributed by atoms with E-state index in [1.165, 1.54) is 10.9 Å². The standard InChI is InChI=1S/C31H41O2P/c1-8-9-17-31(7,26-20-24(30(4,5)6)19-22(3)28(26)32)34-27-16-15-21(2)18-25(27)29(33)23-13-11-10-12-14-23/h10-16,18-20,29,32-34H,8-9,17H2,1-7H3. The van der Waals surface area contributed by atoms with Crippen LogP contribution in [0.25, 0.3) is 0 Å². The zero-order valence-corrected chi connectivity index (χ0v) is 22.9. The first-order valence-corrected chi connectivity index (χ1v) is 13.4. The fraction of sp³-hybridized carbons (Fsp3) is 0.419. The summed E-state index contributed by atoms with van der Waals surface area (Å²) in [5.74, 6) is 0.413. The molecule has 0 fully saturated rings. The summed E-state index contributed by atoms with van der Waals surface area (Å²) in [4.78, 5) is 0. The minimum Gasteiger partial charge on any atom is -0.507 e. The number of rotatable bonds is 8. The molecule has 0 bridgehead atoms. The molecular formula is C31H41O2P. The Hall–Kier alpha value is -2.15. The molecule has 3 heteroatoms. The van der Waals surface area contributed by atoms with Gasteiger partial charge in [-0.05, 0) is 53.2 Å². The molecule has 0 aliphatic heterocycles. The Morgan fingerprint density at radius 1 is 0.912 bits per heavy atom. The van der Waals surface area contributed by atoms with Crippen molar-refractivity contribution >= 4 is 13.9 Å². The second-order valence-corrected chi connectivity index (χ2v) is 12.8. The van der Waals surface area contributed by atoms with Crippen molar-refractivity contribution in [2.75, 3.05) is 0 Å². The Kier molecular flexibility index (Phi) is 8.27. The van der Waals surface area contributed by atoms with Crippen LogP contribution in [0.15, 0.2) is 60.7 Å². The van der Waals surface area contributed by atoms with Gasteiger partial charge in [-0.3, -0.25) is 0 Å². The number of hydrogen-bond acceptors (Lipinski definition) is 2. The summed E-state index contributed by atoms with van der Waals surface area (Å²) in [6, 6.07) is 20.7. The van der Waals surface area contributed by atoms with Crippen LogP contribution in [0.2, 0.25) is 0 Å². The molecule has 0 spiro atoms. The highest BCUT2D eigenvalue weighted by atomic mass is 31.1. The molecule has 3 aromatic rings. The molecule has 0 aliphatic carbocycles. The van der Waals surface area contributed by atoms with Crippen molar-refractivity contribution < 1.29 is 10.2 Å². The van der Waals surface area contributed by atoms with Crippen LogP contribution in [0.4, 0.5) is 0 Å². The summed E-state index contributed by atoms with van der Waals surface area (Å²) < 4.78 is 0. The molecule has 2 N–H and O–H groups in total. The number of benzene rings is 3. The van der Waals surface area contributed by atoms with E-state index in [-0.39, 0.29) is 10.6 Å². The van der Waals surface area contributed by atoms with E-state index in [1.54, 1.807) is 0 Å². The molecule has 3 atom stereocenters. The van der Waals surface area contributed by atoms with Crippen LogP contribution in [0, 0.1) is 13.8 Å². The van der Waals surface area contributed by atoms with E-state index in [4.69, 9.17) is 0 Å². The number of aliphatic hydroxyl groups is 1. The third kappa shape index (κ3) is 5.91. The predicted octanol–water partition coefficient (Wildman–Crippen LogP) is 7.80. The summed E-state index contributed by atoms with van der Waals surface area (Å²) in [7, 11) is 0.421. The van der Waals surface area contributed by atoms with Crippen molar-refractivity contribution in [3.05, 3.63) is 94.0 Å². The van der Waals surface area contributed by atoms with Crippen molar-refractivity contribution in [3.63, 3.8) is 0 Å². The third-order valence-electron chi connectivity index (χ3n) is 6.82. The molecule has 3 rings (SSSR count). The number of phenols is 1. The predicted molar refractivity (Wildman–Crippen MR) is 148 cm³/mol. The quantitative estimate of drug-likeness (QED) is 0.326. The van der Waals surface area contributed by atoms with Gasteiger partial charge in [0.2, 0.25) is 0 Å². The maximum absolute atomic E-state index is 11.3. The summed E-state index contributed by atoms with van der Waals surface area (Å²) in [6.45, 7) is 15.3. The summed E-state index contributed by atoms with van der Waals surface area (Å²) in [6.07, 6.45) is 2.50. The maximum Gasteiger partial charge on any atom is 0.122 e. The lowest BCUT2D eigenvalue weighted by molar-refractivity contribution is 0.221. The van der Waals surface area contributed by atoms with Crippen LogP contribution in [0.3, 0.4) is 0 Å². The minimum atomic E-state index is -0.671. The molecule has 0 amide bonds. The normalized spacial score (nSPS) is 14.9. The molecule has 0 aliphatic rings. The fourth-order valence-corrected chi connectivity index (χ4v) is 6.30. The van der Waals surface area contributed by atoms with Gasteiger partial charge in [0.25, 0.3) is 0 Å². The number of aryl methyl sites for hydroxylation is 2. The second-order valence-electron chi connectivity index (χ2n) is 10.9. The lowest BCUT2D eigenvalue weighted by Gasteiger charge is -2.34. The van der Waals surface area contributed by atoms with E-state index in [1.807, 2.05) is 37.3 Å². The van der Waals surface area contributed by atoms with Crippen LogP contribution in [-0.2, 0) is 10.6 Å². The number of unbranched alkanes of at least 4 members (excludes halogenated alkanes) is 1. The maximum atomic E-state index is 11.3. The average molecular weight is 477 g/mol. The fourth-order valence-electron chi connectivity index (χ4n) is 4.56. The van der Waals surface area contributed by atoms with Gasteiger partial charge in [-0.2, -0.15) is 0 Å². The number of phenolic OH excluding ortho intramolecular Hbond substituents is 1. The van der Waals surface area contributed by atoms with E-state index in [0.717, 1.165) is 47.1 Å². The lowest BCUT2D eigenvalue weighted by atomic mass is 9.82. The monoisotopic (exact) mass is 476 g/mol. The highest BCUT2D eigenvalue weighted by Crippen LogP contribution is 2.50. The number of aliphatic hydroxyl groups excluding tert-OH is 1. The van der Waals surface area contributed by atoms with Gasteiger partial charge in [-0.1, -0.05) is 122 Å². The highest BCUT2D eigenvalue weighted by Gasteiger charge is 2.33. The second kappa shape index (κ2) is 10.6. The van der Waals surface area contributed by atoms with Crippen LogP contribution in [-0.4, -0.2) is 10.2 Å². The topological polar surface area (TPSA) is 40.5 Å². The molecule has 0 saturated heterocycles. The molecular weight excluding hydrogens is 435 g/mol. The van der Waals surface area contributed by atoms with Gasteiger partial charge in [0.05, 0.1) is 0 Å². The Morgan fingerprint density at radius 3 is 2.21 bits per heavy atom. The zero-order valence-electron chi connectivity index (χ0n) is 21.9. The first-order chi connectivity index (χ1) is 16.0. The van der Waals surface area contributed by atoms with Crippen molar-refractivity contribution in [1.82, 2.24) is 0 Å². The Balaban J connectivity index is 2.14. The molecule has 3 unspecified atom stereocenters. The lowest BCUT2D eigenvalue weighted by Crippen LogP contribution is -2.24. The van der Waals surface area contributed by atoms with Gasteiger partial charge in [-0.25, -0.2) is 0 Å². The Morgan fingerprint density at radius 2 is 1.59 bits per heavy atom. The van der Waals surface area contributed by atoms with Gasteiger partial charge in [0.1, 0.15) is 11.9 Å². The van der Waals surface area contributed by atoms with Gasteiger partial charge >= 0.3 is 0 Å². The Labute approximate surface area is 208 Å². The van der Waals surface area contributed by atoms with Crippen LogP contribution >= 0.6 is 8.58 Å². The number of aromatic hydroxyl groups is 1. The highest BCUT2D eigenvalue weighted by molar-refractivity contribution is 7.48. The van der Waals surface area contributed by atoms with Gasteiger partial charge in [0, 0.05) is 10.7 Å². The molecule has 34 heavy (non-hydrogen) atoms. The molecule has 2 nitrogen and oxygen atoms in total. The van der Waals surface area contributed by atoms with Crippen LogP contribution < -0.4 is 5.30 Å². The Bertz CT molecular complexity index is 1110. The van der Waals surface area contributed by atoms with E-state index < -0.39 is 6.10 Å². The number of hydrogen-bond donors (Lipinski definition) is 2. The van der Waals surface area contributed by atoms with Crippen LogP contribution in [0.1, 0.15) is 93.4 Å². The first kappa shape index (κ1) is 26.5. The SMILES string of the molecule is CCCCC(C)(Pc1ccc(C)cc1C(O)c1ccccc1)c1cc(C(C)(C)C)cc(C)c1O. The van der Waals surface area contributed by atoms with Crippen molar-refractivity contribution in [2.24, 2.45) is 0 Å². The van der Waals surface area contributed by atoms with Crippen molar-refractivity contribution in [1.29, 1.82) is 0 Å².